The summed E-state index contributed by atoms with van der Waals surface area (Å²) in [4.78, 5) is 37.6. The minimum atomic E-state index is -1.13. The molecule has 0 bridgehead atoms. The van der Waals surface area contributed by atoms with Crippen LogP contribution in [0.1, 0.15) is 12.5 Å². The van der Waals surface area contributed by atoms with Crippen molar-refractivity contribution in [1.29, 1.82) is 0 Å². The highest BCUT2D eigenvalue weighted by molar-refractivity contribution is 6.03. The SMILES string of the molecule is COC(=O)C1C(=O)OC2N(C(=O)OC)c3ccccc3C12C. The van der Waals surface area contributed by atoms with E-state index >= 15 is 0 Å². The Kier molecular flexibility index (Phi) is 3.09. The molecule has 1 amide bonds. The van der Waals surface area contributed by atoms with Crippen LogP contribution in [0.3, 0.4) is 0 Å². The van der Waals surface area contributed by atoms with Gasteiger partial charge in [-0.15, -0.1) is 0 Å². The molecule has 116 valence electrons. The first kappa shape index (κ1) is 14.4. The fourth-order valence-corrected chi connectivity index (χ4v) is 3.31. The number of fused-ring (bicyclic) bond motifs is 3. The molecule has 2 aliphatic rings. The van der Waals surface area contributed by atoms with Crippen molar-refractivity contribution >= 4 is 23.7 Å². The molecule has 0 aromatic heterocycles. The van der Waals surface area contributed by atoms with Gasteiger partial charge < -0.3 is 14.2 Å². The van der Waals surface area contributed by atoms with Gasteiger partial charge in [-0.25, -0.2) is 9.69 Å². The number of hydrogen-bond acceptors (Lipinski definition) is 6. The summed E-state index contributed by atoms with van der Waals surface area (Å²) in [6, 6.07) is 7.02. The predicted octanol–water partition coefficient (Wildman–Crippen LogP) is 1.20. The predicted molar refractivity (Wildman–Crippen MR) is 74.1 cm³/mol. The lowest BCUT2D eigenvalue weighted by atomic mass is 9.73. The molecule has 0 aliphatic carbocycles. The first-order chi connectivity index (χ1) is 10.5. The monoisotopic (exact) mass is 305 g/mol. The van der Waals surface area contributed by atoms with E-state index in [4.69, 9.17) is 14.2 Å². The first-order valence-corrected chi connectivity index (χ1v) is 6.71. The fraction of sp³-hybridized carbons (Fsp3) is 0.400. The van der Waals surface area contributed by atoms with Crippen LogP contribution in [0.4, 0.5) is 10.5 Å². The number of carbonyl (C=O) groups excluding carboxylic acids is 3. The average Bonchev–Trinajstić information content (AvgIpc) is 2.92. The van der Waals surface area contributed by atoms with Crippen molar-refractivity contribution < 1.29 is 28.6 Å². The van der Waals surface area contributed by atoms with Gasteiger partial charge in [0.2, 0.25) is 0 Å². The van der Waals surface area contributed by atoms with Gasteiger partial charge in [-0.1, -0.05) is 18.2 Å². The van der Waals surface area contributed by atoms with Gasteiger partial charge in [0.05, 0.1) is 25.3 Å². The van der Waals surface area contributed by atoms with E-state index < -0.39 is 35.6 Å². The number of nitrogens with zero attached hydrogens (tertiary/aromatic N) is 1. The van der Waals surface area contributed by atoms with Crippen molar-refractivity contribution in [2.45, 2.75) is 18.6 Å². The molecule has 7 nitrogen and oxygen atoms in total. The van der Waals surface area contributed by atoms with Crippen LogP contribution in [0, 0.1) is 5.92 Å². The van der Waals surface area contributed by atoms with Gasteiger partial charge in [0, 0.05) is 0 Å². The largest absolute Gasteiger partial charge is 0.468 e. The molecule has 1 aromatic rings. The molecule has 1 fully saturated rings. The number of ether oxygens (including phenoxy) is 3. The summed E-state index contributed by atoms with van der Waals surface area (Å²) in [6.07, 6.45) is -1.59. The number of para-hydroxylation sites is 1. The van der Waals surface area contributed by atoms with E-state index in [0.717, 1.165) is 0 Å². The molecular formula is C15H15NO6. The number of carbonyl (C=O) groups is 3. The number of methoxy groups -OCH3 is 2. The van der Waals surface area contributed by atoms with Gasteiger partial charge in [-0.3, -0.25) is 9.59 Å². The summed E-state index contributed by atoms with van der Waals surface area (Å²) in [5.74, 6) is -2.52. The van der Waals surface area contributed by atoms with Crippen molar-refractivity contribution in [1.82, 2.24) is 0 Å². The third-order valence-electron chi connectivity index (χ3n) is 4.36. The maximum atomic E-state index is 12.2. The number of esters is 2. The minimum absolute atomic E-state index is 0.559. The zero-order valence-electron chi connectivity index (χ0n) is 12.4. The molecule has 22 heavy (non-hydrogen) atoms. The van der Waals surface area contributed by atoms with Gasteiger partial charge in [0.15, 0.2) is 12.1 Å². The quantitative estimate of drug-likeness (QED) is 0.440. The molecular weight excluding hydrogens is 290 g/mol. The highest BCUT2D eigenvalue weighted by Gasteiger charge is 2.66. The third-order valence-corrected chi connectivity index (χ3v) is 4.36. The summed E-state index contributed by atoms with van der Waals surface area (Å²) >= 11 is 0. The zero-order chi connectivity index (χ0) is 16.1. The molecule has 7 heteroatoms. The van der Waals surface area contributed by atoms with E-state index in [9.17, 15) is 14.4 Å². The van der Waals surface area contributed by atoms with Gasteiger partial charge in [0.1, 0.15) is 0 Å². The number of rotatable bonds is 1. The first-order valence-electron chi connectivity index (χ1n) is 6.71. The second-order valence-corrected chi connectivity index (χ2v) is 5.39. The highest BCUT2D eigenvalue weighted by atomic mass is 16.6. The summed E-state index contributed by atoms with van der Waals surface area (Å²) in [5.41, 5.74) is 0.213. The summed E-state index contributed by atoms with van der Waals surface area (Å²) in [7, 11) is 2.46. The maximum absolute atomic E-state index is 12.2. The Balaban J connectivity index is 2.20. The van der Waals surface area contributed by atoms with E-state index in [-0.39, 0.29) is 0 Å². The van der Waals surface area contributed by atoms with Crippen LogP contribution in [0.2, 0.25) is 0 Å². The number of amides is 1. The van der Waals surface area contributed by atoms with Crippen LogP contribution >= 0.6 is 0 Å². The standard InChI is InChI=1S/C15H15NO6/c1-15-8-6-4-5-7-9(8)16(14(19)21-3)13(15)22-12(18)10(15)11(17)20-2/h4-7,10,13H,1-3H3. The van der Waals surface area contributed by atoms with E-state index in [1.54, 1.807) is 31.2 Å². The maximum Gasteiger partial charge on any atom is 0.417 e. The molecule has 2 heterocycles. The Morgan fingerprint density at radius 2 is 1.91 bits per heavy atom. The van der Waals surface area contributed by atoms with Crippen LogP contribution in [-0.2, 0) is 29.2 Å². The van der Waals surface area contributed by atoms with Gasteiger partial charge in [-0.2, -0.15) is 0 Å². The molecule has 1 saturated heterocycles. The molecule has 0 saturated carbocycles. The fourth-order valence-electron chi connectivity index (χ4n) is 3.31. The van der Waals surface area contributed by atoms with Crippen LogP contribution < -0.4 is 4.90 Å². The van der Waals surface area contributed by atoms with E-state index in [2.05, 4.69) is 0 Å². The van der Waals surface area contributed by atoms with Crippen molar-refractivity contribution in [3.63, 3.8) is 0 Å². The topological polar surface area (TPSA) is 82.1 Å². The molecule has 1 aromatic carbocycles. The van der Waals surface area contributed by atoms with Crippen LogP contribution in [-0.4, -0.2) is 38.5 Å². The van der Waals surface area contributed by atoms with Gasteiger partial charge in [-0.05, 0) is 18.6 Å². The lowest BCUT2D eigenvalue weighted by molar-refractivity contribution is -0.155. The van der Waals surface area contributed by atoms with E-state index in [1.807, 2.05) is 0 Å². The summed E-state index contributed by atoms with van der Waals surface area (Å²) < 4.78 is 14.8. The van der Waals surface area contributed by atoms with Gasteiger partial charge in [0.25, 0.3) is 0 Å². The summed E-state index contributed by atoms with van der Waals surface area (Å²) in [5, 5.41) is 0. The van der Waals surface area contributed by atoms with Crippen LogP contribution in [0.25, 0.3) is 0 Å². The minimum Gasteiger partial charge on any atom is -0.468 e. The number of benzene rings is 1. The van der Waals surface area contributed by atoms with Crippen molar-refractivity contribution in [3.05, 3.63) is 29.8 Å². The number of hydrogen-bond donors (Lipinski definition) is 0. The lowest BCUT2D eigenvalue weighted by Gasteiger charge is -2.27. The normalized spacial score (nSPS) is 28.7. The molecule has 2 aliphatic heterocycles. The average molecular weight is 305 g/mol. The van der Waals surface area contributed by atoms with Gasteiger partial charge >= 0.3 is 18.0 Å². The molecule has 0 N–H and O–H groups in total. The highest BCUT2D eigenvalue weighted by Crippen LogP contribution is 2.54. The molecule has 3 atom stereocenters. The Hall–Kier alpha value is -2.57. The smallest absolute Gasteiger partial charge is 0.417 e. The molecule has 3 rings (SSSR count). The Labute approximate surface area is 126 Å². The van der Waals surface area contributed by atoms with E-state index in [0.29, 0.717) is 11.3 Å². The van der Waals surface area contributed by atoms with Crippen LogP contribution in [0.15, 0.2) is 24.3 Å². The third kappa shape index (κ3) is 1.59. The van der Waals surface area contributed by atoms with Crippen molar-refractivity contribution in [3.8, 4) is 0 Å². The number of anilines is 1. The zero-order valence-corrected chi connectivity index (χ0v) is 12.4. The van der Waals surface area contributed by atoms with Crippen molar-refractivity contribution in [2.75, 3.05) is 19.1 Å². The summed E-state index contributed by atoms with van der Waals surface area (Å²) in [6.45, 7) is 1.71. The second kappa shape index (κ2) is 4.72. The van der Waals surface area contributed by atoms with Crippen LogP contribution in [0.5, 0.6) is 0 Å². The molecule has 3 unspecified atom stereocenters. The molecule has 0 spiro atoms. The molecule has 0 radical (unpaired) electrons. The Morgan fingerprint density at radius 1 is 1.23 bits per heavy atom. The van der Waals surface area contributed by atoms with Crippen molar-refractivity contribution in [2.24, 2.45) is 5.92 Å². The Morgan fingerprint density at radius 3 is 2.55 bits per heavy atom. The lowest BCUT2D eigenvalue weighted by Crippen LogP contribution is -2.47. The second-order valence-electron chi connectivity index (χ2n) is 5.39. The van der Waals surface area contributed by atoms with E-state index in [1.165, 1.54) is 19.1 Å². The Bertz CT molecular complexity index is 672.